The van der Waals surface area contributed by atoms with Crippen molar-refractivity contribution in [2.45, 2.75) is 31.6 Å². The summed E-state index contributed by atoms with van der Waals surface area (Å²) in [7, 11) is -4.11. The largest absolute Gasteiger partial charge is 0.478 e. The normalized spacial score (nSPS) is 11.7. The Morgan fingerprint density at radius 2 is 1.76 bits per heavy atom. The van der Waals surface area contributed by atoms with Crippen molar-refractivity contribution >= 4 is 16.0 Å². The lowest BCUT2D eigenvalue weighted by Crippen LogP contribution is -2.18. The summed E-state index contributed by atoms with van der Waals surface area (Å²) in [6.45, 7) is 3.37. The molecule has 1 aromatic heterocycles. The van der Waals surface area contributed by atoms with Crippen LogP contribution in [-0.2, 0) is 22.9 Å². The van der Waals surface area contributed by atoms with Crippen LogP contribution in [-0.4, -0.2) is 24.2 Å². The van der Waals surface area contributed by atoms with Crippen LogP contribution in [0.5, 0.6) is 0 Å². The quantitative estimate of drug-likeness (QED) is 0.639. The highest BCUT2D eigenvalue weighted by atomic mass is 32.2. The van der Waals surface area contributed by atoms with Crippen LogP contribution < -0.4 is 11.0 Å². The molecule has 0 amide bonds. The van der Waals surface area contributed by atoms with E-state index >= 15 is 0 Å². The van der Waals surface area contributed by atoms with E-state index in [4.69, 9.17) is 16.1 Å². The maximum absolute atomic E-state index is 11.5. The van der Waals surface area contributed by atoms with Gasteiger partial charge < -0.3 is 10.9 Å². The zero-order chi connectivity index (χ0) is 13.4. The van der Waals surface area contributed by atoms with Gasteiger partial charge in [0.25, 0.3) is 0 Å². The number of carboxylic acids is 1. The van der Waals surface area contributed by atoms with Gasteiger partial charge in [0.05, 0.1) is 11.4 Å². The van der Waals surface area contributed by atoms with E-state index in [0.29, 0.717) is 6.42 Å². The smallest absolute Gasteiger partial charge is 0.339 e. The fourth-order valence-electron chi connectivity index (χ4n) is 1.87. The first kappa shape index (κ1) is 13.5. The van der Waals surface area contributed by atoms with Gasteiger partial charge in [0, 0.05) is 0 Å². The van der Waals surface area contributed by atoms with Gasteiger partial charge in [-0.2, -0.15) is 0 Å². The van der Waals surface area contributed by atoms with Crippen LogP contribution in [0.3, 0.4) is 0 Å². The number of carboxylic acid groups (broad SMARTS) is 1. The molecule has 8 heteroatoms. The second-order valence-electron chi connectivity index (χ2n) is 3.52. The van der Waals surface area contributed by atoms with E-state index < -0.39 is 16.0 Å². The molecule has 5 N–H and O–H groups in total. The van der Waals surface area contributed by atoms with E-state index in [1.165, 1.54) is 0 Å². The highest BCUT2D eigenvalue weighted by Crippen LogP contribution is 2.26. The van der Waals surface area contributed by atoms with Crippen molar-refractivity contribution in [2.24, 2.45) is 5.14 Å². The second-order valence-corrected chi connectivity index (χ2v) is 5.02. The molecular formula is C9H15N3O4S. The number of rotatable bonds is 4. The topological polar surface area (TPSA) is 128 Å². The average Bonchev–Trinajstić information content (AvgIpc) is 2.49. The third-order valence-corrected chi connectivity index (χ3v) is 3.54. The van der Waals surface area contributed by atoms with Crippen molar-refractivity contribution in [3.63, 3.8) is 0 Å². The van der Waals surface area contributed by atoms with E-state index in [1.807, 2.05) is 0 Å². The van der Waals surface area contributed by atoms with E-state index in [2.05, 4.69) is 0 Å². The molecule has 0 radical (unpaired) electrons. The molecule has 17 heavy (non-hydrogen) atoms. The number of hydrogen-bond donors (Lipinski definition) is 3. The SMILES string of the molecule is CCc1c(C(=O)O)c(S(N)(=O)=O)c(CC)n1N. The zero-order valence-corrected chi connectivity index (χ0v) is 10.4. The number of carbonyl (C=O) groups is 1. The number of nitrogen functional groups attached to an aromatic ring is 1. The number of nitrogens with zero attached hydrogens (tertiary/aromatic N) is 1. The zero-order valence-electron chi connectivity index (χ0n) is 9.60. The molecule has 0 aliphatic heterocycles. The van der Waals surface area contributed by atoms with Crippen molar-refractivity contribution < 1.29 is 18.3 Å². The van der Waals surface area contributed by atoms with Gasteiger partial charge in [-0.25, -0.2) is 18.4 Å². The van der Waals surface area contributed by atoms with Crippen LogP contribution in [0.1, 0.15) is 35.6 Å². The van der Waals surface area contributed by atoms with Crippen LogP contribution in [0.2, 0.25) is 0 Å². The summed E-state index contributed by atoms with van der Waals surface area (Å²) in [5, 5.41) is 14.1. The van der Waals surface area contributed by atoms with Crippen LogP contribution in [0.15, 0.2) is 4.90 Å². The van der Waals surface area contributed by atoms with Crippen LogP contribution in [0, 0.1) is 0 Å². The van der Waals surface area contributed by atoms with Crippen molar-refractivity contribution in [2.75, 3.05) is 5.84 Å². The predicted molar refractivity (Wildman–Crippen MR) is 61.7 cm³/mol. The maximum Gasteiger partial charge on any atom is 0.339 e. The van der Waals surface area contributed by atoms with Gasteiger partial charge in [0.15, 0.2) is 0 Å². The third kappa shape index (κ3) is 2.13. The Hall–Kier alpha value is -1.54. The number of nitrogens with two attached hydrogens (primary N) is 2. The predicted octanol–water partition coefficient (Wildman–Crippen LogP) is -0.328. The van der Waals surface area contributed by atoms with Crippen LogP contribution in [0.4, 0.5) is 0 Å². The van der Waals surface area contributed by atoms with E-state index in [9.17, 15) is 13.2 Å². The second kappa shape index (κ2) is 4.38. The summed E-state index contributed by atoms with van der Waals surface area (Å²) < 4.78 is 24.0. The summed E-state index contributed by atoms with van der Waals surface area (Å²) in [6, 6.07) is 0. The lowest BCUT2D eigenvalue weighted by molar-refractivity contribution is 0.0691. The van der Waals surface area contributed by atoms with Gasteiger partial charge in [0.1, 0.15) is 10.5 Å². The molecule has 96 valence electrons. The molecule has 1 aromatic rings. The van der Waals surface area contributed by atoms with Gasteiger partial charge in [-0.3, -0.25) is 4.68 Å². The van der Waals surface area contributed by atoms with Crippen molar-refractivity contribution in [1.82, 2.24) is 4.68 Å². The Morgan fingerprint density at radius 3 is 2.06 bits per heavy atom. The summed E-state index contributed by atoms with van der Waals surface area (Å²) >= 11 is 0. The summed E-state index contributed by atoms with van der Waals surface area (Å²) in [5.41, 5.74) is 0.134. The molecule has 0 fully saturated rings. The van der Waals surface area contributed by atoms with Crippen LogP contribution in [0.25, 0.3) is 0 Å². The number of aromatic carboxylic acids is 1. The van der Waals surface area contributed by atoms with Crippen LogP contribution >= 0.6 is 0 Å². The van der Waals surface area contributed by atoms with Gasteiger partial charge >= 0.3 is 5.97 Å². The standard InChI is InChI=1S/C9H15N3O4S/c1-3-5-7(9(13)14)8(17(11,15)16)6(4-2)12(5)10/h3-4,10H2,1-2H3,(H,13,14)(H2,11,15,16). The highest BCUT2D eigenvalue weighted by Gasteiger charge is 2.30. The lowest BCUT2D eigenvalue weighted by Gasteiger charge is -2.04. The molecule has 0 aliphatic carbocycles. The first-order chi connectivity index (χ1) is 7.75. The molecule has 0 spiro atoms. The summed E-state index contributed by atoms with van der Waals surface area (Å²) in [6.07, 6.45) is 0.587. The molecule has 0 aliphatic rings. The molecule has 0 bridgehead atoms. The first-order valence-electron chi connectivity index (χ1n) is 5.03. The Morgan fingerprint density at radius 1 is 1.29 bits per heavy atom. The molecule has 0 saturated carbocycles. The Labute approximate surface area is 99.0 Å². The molecule has 0 saturated heterocycles. The minimum atomic E-state index is -4.11. The molecule has 0 unspecified atom stereocenters. The van der Waals surface area contributed by atoms with Gasteiger partial charge in [-0.15, -0.1) is 0 Å². The number of aromatic nitrogens is 1. The molecule has 7 nitrogen and oxygen atoms in total. The van der Waals surface area contributed by atoms with E-state index in [1.54, 1.807) is 13.8 Å². The summed E-state index contributed by atoms with van der Waals surface area (Å²) in [4.78, 5) is 10.8. The Balaban J connectivity index is 3.84. The molecule has 0 atom stereocenters. The first-order valence-corrected chi connectivity index (χ1v) is 6.57. The van der Waals surface area contributed by atoms with Gasteiger partial charge in [-0.1, -0.05) is 13.8 Å². The minimum Gasteiger partial charge on any atom is -0.478 e. The maximum atomic E-state index is 11.5. The minimum absolute atomic E-state index is 0.210. The Bertz CT molecular complexity index is 559. The van der Waals surface area contributed by atoms with Crippen molar-refractivity contribution in [3.05, 3.63) is 17.0 Å². The number of sulfonamides is 1. The molecular weight excluding hydrogens is 246 g/mol. The molecule has 1 heterocycles. The van der Waals surface area contributed by atoms with Gasteiger partial charge in [0.2, 0.25) is 10.0 Å². The Kier molecular flexibility index (Phi) is 3.48. The number of primary sulfonamides is 1. The van der Waals surface area contributed by atoms with E-state index in [-0.39, 0.29) is 28.3 Å². The molecule has 0 aromatic carbocycles. The van der Waals surface area contributed by atoms with Crippen molar-refractivity contribution in [1.29, 1.82) is 0 Å². The fourth-order valence-corrected chi connectivity index (χ4v) is 2.93. The lowest BCUT2D eigenvalue weighted by atomic mass is 10.2. The van der Waals surface area contributed by atoms with Gasteiger partial charge in [-0.05, 0) is 12.8 Å². The average molecular weight is 261 g/mol. The van der Waals surface area contributed by atoms with Crippen molar-refractivity contribution in [3.8, 4) is 0 Å². The molecule has 1 rings (SSSR count). The summed E-state index contributed by atoms with van der Waals surface area (Å²) in [5.74, 6) is 4.35. The number of hydrogen-bond acceptors (Lipinski definition) is 4. The fraction of sp³-hybridized carbons (Fsp3) is 0.444. The third-order valence-electron chi connectivity index (χ3n) is 2.53. The van der Waals surface area contributed by atoms with E-state index in [0.717, 1.165) is 4.68 Å². The highest BCUT2D eigenvalue weighted by molar-refractivity contribution is 7.89. The monoisotopic (exact) mass is 261 g/mol.